The maximum Gasteiger partial charge on any atom is 0.193 e. The Labute approximate surface area is 132 Å². The highest BCUT2D eigenvalue weighted by atomic mass is 79.9. The zero-order valence-electron chi connectivity index (χ0n) is 11.9. The van der Waals surface area contributed by atoms with E-state index < -0.39 is 0 Å². The number of halogens is 2. The van der Waals surface area contributed by atoms with Crippen LogP contribution in [0, 0.1) is 0 Å². The molecule has 4 nitrogen and oxygen atoms in total. The third-order valence-corrected chi connectivity index (χ3v) is 4.50. The van der Waals surface area contributed by atoms with Crippen molar-refractivity contribution in [3.63, 3.8) is 0 Å². The number of aromatic nitrogens is 2. The van der Waals surface area contributed by atoms with Gasteiger partial charge in [-0.3, -0.25) is 4.68 Å². The summed E-state index contributed by atoms with van der Waals surface area (Å²) in [5.41, 5.74) is 2.27. The molecule has 2 aromatic rings. The van der Waals surface area contributed by atoms with Gasteiger partial charge in [-0.15, -0.1) is 0 Å². The van der Waals surface area contributed by atoms with E-state index >= 15 is 0 Å². The first-order valence-corrected chi connectivity index (χ1v) is 7.94. The van der Waals surface area contributed by atoms with E-state index in [1.807, 2.05) is 17.8 Å². The molecule has 0 bridgehead atoms. The predicted octanol–water partition coefficient (Wildman–Crippen LogP) is 3.98. The number of furan rings is 1. The SMILES string of the molecule is CCc1nn(CC)c(CC(NC)c2ccc(Cl)o2)c1Br. The van der Waals surface area contributed by atoms with Crippen LogP contribution in [0.4, 0.5) is 0 Å². The molecule has 0 aliphatic carbocycles. The third kappa shape index (κ3) is 3.10. The fourth-order valence-corrected chi connectivity index (χ4v) is 3.14. The summed E-state index contributed by atoms with van der Waals surface area (Å²) in [6, 6.07) is 3.75. The quantitative estimate of drug-likeness (QED) is 0.847. The number of hydrogen-bond acceptors (Lipinski definition) is 3. The van der Waals surface area contributed by atoms with Gasteiger partial charge in [-0.05, 0) is 60.1 Å². The molecule has 1 unspecified atom stereocenters. The molecule has 0 saturated carbocycles. The molecule has 1 atom stereocenters. The van der Waals surface area contributed by atoms with Crippen molar-refractivity contribution in [1.82, 2.24) is 15.1 Å². The lowest BCUT2D eigenvalue weighted by Gasteiger charge is -2.14. The Bertz CT molecular complexity index is 579. The average molecular weight is 361 g/mol. The van der Waals surface area contributed by atoms with Crippen molar-refractivity contribution in [2.24, 2.45) is 0 Å². The average Bonchev–Trinajstić information content (AvgIpc) is 3.00. The number of rotatable bonds is 6. The summed E-state index contributed by atoms with van der Waals surface area (Å²) in [6.07, 6.45) is 1.71. The molecule has 0 saturated heterocycles. The second-order valence-corrected chi connectivity index (χ2v) is 5.73. The van der Waals surface area contributed by atoms with Gasteiger partial charge in [-0.1, -0.05) is 6.92 Å². The molecule has 2 rings (SSSR count). The van der Waals surface area contributed by atoms with Crippen LogP contribution < -0.4 is 5.32 Å². The molecule has 6 heteroatoms. The summed E-state index contributed by atoms with van der Waals surface area (Å²) in [5.74, 6) is 0.839. The lowest BCUT2D eigenvalue weighted by atomic mass is 10.1. The Hall–Kier alpha value is -0.780. The molecule has 0 spiro atoms. The minimum atomic E-state index is 0.0745. The molecule has 0 aliphatic heterocycles. The molecule has 20 heavy (non-hydrogen) atoms. The van der Waals surface area contributed by atoms with E-state index in [1.54, 1.807) is 6.07 Å². The highest BCUT2D eigenvalue weighted by Crippen LogP contribution is 2.28. The number of aryl methyl sites for hydroxylation is 2. The summed E-state index contributed by atoms with van der Waals surface area (Å²) < 4.78 is 8.65. The molecule has 2 heterocycles. The van der Waals surface area contributed by atoms with E-state index in [4.69, 9.17) is 16.0 Å². The third-order valence-electron chi connectivity index (χ3n) is 3.38. The molecular weight excluding hydrogens is 342 g/mol. The van der Waals surface area contributed by atoms with Gasteiger partial charge in [-0.2, -0.15) is 5.10 Å². The highest BCUT2D eigenvalue weighted by Gasteiger charge is 2.20. The Kier molecular flexibility index (Phi) is 5.29. The fourth-order valence-electron chi connectivity index (χ4n) is 2.27. The summed E-state index contributed by atoms with van der Waals surface area (Å²) in [4.78, 5) is 0. The normalized spacial score (nSPS) is 12.8. The van der Waals surface area contributed by atoms with Crippen molar-refractivity contribution in [1.29, 1.82) is 0 Å². The van der Waals surface area contributed by atoms with Gasteiger partial charge in [0.25, 0.3) is 0 Å². The lowest BCUT2D eigenvalue weighted by molar-refractivity contribution is 0.422. The van der Waals surface area contributed by atoms with Crippen molar-refractivity contribution >= 4 is 27.5 Å². The predicted molar refractivity (Wildman–Crippen MR) is 84.2 cm³/mol. The van der Waals surface area contributed by atoms with Crippen molar-refractivity contribution in [3.8, 4) is 0 Å². The van der Waals surface area contributed by atoms with E-state index in [2.05, 4.69) is 40.2 Å². The lowest BCUT2D eigenvalue weighted by Crippen LogP contribution is -2.20. The van der Waals surface area contributed by atoms with Crippen molar-refractivity contribution in [3.05, 3.63) is 39.0 Å². The smallest absolute Gasteiger partial charge is 0.193 e. The molecule has 2 aromatic heterocycles. The largest absolute Gasteiger partial charge is 0.448 e. The van der Waals surface area contributed by atoms with Crippen LogP contribution in [0.5, 0.6) is 0 Å². The van der Waals surface area contributed by atoms with Gasteiger partial charge in [-0.25, -0.2) is 0 Å². The number of hydrogen-bond donors (Lipinski definition) is 1. The van der Waals surface area contributed by atoms with Crippen LogP contribution in [0.15, 0.2) is 21.0 Å². The highest BCUT2D eigenvalue weighted by molar-refractivity contribution is 9.10. The molecule has 0 aliphatic rings. The summed E-state index contributed by atoms with van der Waals surface area (Å²) in [5, 5.41) is 8.30. The Morgan fingerprint density at radius 2 is 2.20 bits per heavy atom. The first-order chi connectivity index (χ1) is 9.60. The van der Waals surface area contributed by atoms with Gasteiger partial charge in [0.05, 0.1) is 21.9 Å². The van der Waals surface area contributed by atoms with E-state index in [0.29, 0.717) is 5.22 Å². The minimum absolute atomic E-state index is 0.0745. The minimum Gasteiger partial charge on any atom is -0.448 e. The Morgan fingerprint density at radius 1 is 1.45 bits per heavy atom. The molecular formula is C14H19BrClN3O. The van der Waals surface area contributed by atoms with Crippen LogP contribution in [-0.4, -0.2) is 16.8 Å². The Balaban J connectivity index is 2.29. The summed E-state index contributed by atoms with van der Waals surface area (Å²) >= 11 is 9.53. The molecule has 1 N–H and O–H groups in total. The van der Waals surface area contributed by atoms with Gasteiger partial charge < -0.3 is 9.73 Å². The first-order valence-electron chi connectivity index (χ1n) is 6.77. The fraction of sp³-hybridized carbons (Fsp3) is 0.500. The standard InChI is InChI=1S/C14H19BrClN3O/c1-4-9-14(15)11(19(5-2)18-9)8-10(17-3)12-6-7-13(16)20-12/h6-7,10,17H,4-5,8H2,1-3H3. The Morgan fingerprint density at radius 3 is 2.70 bits per heavy atom. The van der Waals surface area contributed by atoms with Crippen LogP contribution >= 0.6 is 27.5 Å². The maximum absolute atomic E-state index is 5.86. The van der Waals surface area contributed by atoms with Gasteiger partial charge >= 0.3 is 0 Å². The van der Waals surface area contributed by atoms with Gasteiger partial charge in [0, 0.05) is 13.0 Å². The van der Waals surface area contributed by atoms with Crippen LogP contribution in [0.1, 0.15) is 37.0 Å². The maximum atomic E-state index is 5.86. The van der Waals surface area contributed by atoms with E-state index in [9.17, 15) is 0 Å². The van der Waals surface area contributed by atoms with Crippen LogP contribution in [0.3, 0.4) is 0 Å². The van der Waals surface area contributed by atoms with Crippen molar-refractivity contribution in [2.75, 3.05) is 7.05 Å². The van der Waals surface area contributed by atoms with Crippen molar-refractivity contribution in [2.45, 2.75) is 39.3 Å². The summed E-state index contributed by atoms with van der Waals surface area (Å²) in [6.45, 7) is 5.06. The molecule has 0 radical (unpaired) electrons. The first kappa shape index (κ1) is 15.6. The van der Waals surface area contributed by atoms with E-state index in [1.165, 1.54) is 5.69 Å². The van der Waals surface area contributed by atoms with Gasteiger partial charge in [0.2, 0.25) is 0 Å². The molecule has 0 fully saturated rings. The summed E-state index contributed by atoms with van der Waals surface area (Å²) in [7, 11) is 1.92. The number of likely N-dealkylation sites (N-methyl/N-ethyl adjacent to an activating group) is 1. The topological polar surface area (TPSA) is 43.0 Å². The number of nitrogens with one attached hydrogen (secondary N) is 1. The van der Waals surface area contributed by atoms with Crippen LogP contribution in [0.2, 0.25) is 5.22 Å². The van der Waals surface area contributed by atoms with E-state index in [0.717, 1.165) is 35.3 Å². The van der Waals surface area contributed by atoms with Crippen LogP contribution in [-0.2, 0) is 19.4 Å². The zero-order valence-corrected chi connectivity index (χ0v) is 14.3. The second kappa shape index (κ2) is 6.78. The second-order valence-electron chi connectivity index (χ2n) is 4.56. The molecule has 110 valence electrons. The van der Waals surface area contributed by atoms with Gasteiger partial charge in [0.15, 0.2) is 5.22 Å². The molecule has 0 aromatic carbocycles. The van der Waals surface area contributed by atoms with Gasteiger partial charge in [0.1, 0.15) is 5.76 Å². The molecule has 0 amide bonds. The van der Waals surface area contributed by atoms with Crippen LogP contribution in [0.25, 0.3) is 0 Å². The van der Waals surface area contributed by atoms with E-state index in [-0.39, 0.29) is 6.04 Å². The number of nitrogens with zero attached hydrogens (tertiary/aromatic N) is 2. The zero-order chi connectivity index (χ0) is 14.7. The monoisotopic (exact) mass is 359 g/mol. The van der Waals surface area contributed by atoms with Crippen molar-refractivity contribution < 1.29 is 4.42 Å².